The average molecular weight is 194 g/mol. The van der Waals surface area contributed by atoms with Gasteiger partial charge < -0.3 is 0 Å². The summed E-state index contributed by atoms with van der Waals surface area (Å²) in [6, 6.07) is 0. The van der Waals surface area contributed by atoms with Crippen LogP contribution in [0, 0.1) is 0 Å². The molecule has 0 radical (unpaired) electrons. The van der Waals surface area contributed by atoms with Gasteiger partial charge in [-0.25, -0.2) is 0 Å². The summed E-state index contributed by atoms with van der Waals surface area (Å²) >= 11 is 0. The van der Waals surface area contributed by atoms with E-state index in [1.807, 2.05) is 0 Å². The van der Waals surface area contributed by atoms with E-state index in [4.69, 9.17) is 0 Å². The smallest absolute Gasteiger partial charge is 0.171 e. The van der Waals surface area contributed by atoms with Gasteiger partial charge in [0.1, 0.15) is 0 Å². The molecule has 0 saturated heterocycles. The van der Waals surface area contributed by atoms with Crippen LogP contribution in [0.15, 0.2) is 12.2 Å². The fourth-order valence-electron chi connectivity index (χ4n) is 1.09. The third-order valence-corrected chi connectivity index (χ3v) is 1.87. The zero-order valence-corrected chi connectivity index (χ0v) is 8.08. The number of rotatable bonds is 6. The minimum absolute atomic E-state index is 0.187. The maximum Gasteiger partial charge on any atom is 0.389 e. The SMILES string of the molecule is C=C(CCCC)CCCC(F)(F)F. The van der Waals surface area contributed by atoms with Crippen LogP contribution in [0.4, 0.5) is 13.2 Å². The van der Waals surface area contributed by atoms with Crippen molar-refractivity contribution in [3.63, 3.8) is 0 Å². The number of hydrogen-bond donors (Lipinski definition) is 0. The van der Waals surface area contributed by atoms with Crippen molar-refractivity contribution in [2.24, 2.45) is 0 Å². The van der Waals surface area contributed by atoms with Gasteiger partial charge in [-0.05, 0) is 25.7 Å². The quantitative estimate of drug-likeness (QED) is 0.547. The lowest BCUT2D eigenvalue weighted by Crippen LogP contribution is -2.06. The van der Waals surface area contributed by atoms with E-state index in [1.54, 1.807) is 0 Å². The van der Waals surface area contributed by atoms with Gasteiger partial charge in [-0.1, -0.05) is 25.5 Å². The minimum atomic E-state index is -4.01. The summed E-state index contributed by atoms with van der Waals surface area (Å²) in [5.74, 6) is 0. The first-order chi connectivity index (χ1) is 5.95. The molecule has 0 aliphatic heterocycles. The molecular weight excluding hydrogens is 177 g/mol. The lowest BCUT2D eigenvalue weighted by molar-refractivity contribution is -0.135. The van der Waals surface area contributed by atoms with Crippen molar-refractivity contribution in [2.45, 2.75) is 51.6 Å². The Kier molecular flexibility index (Phi) is 5.84. The van der Waals surface area contributed by atoms with E-state index in [1.165, 1.54) is 0 Å². The summed E-state index contributed by atoms with van der Waals surface area (Å²) in [4.78, 5) is 0. The van der Waals surface area contributed by atoms with Crippen molar-refractivity contribution in [3.05, 3.63) is 12.2 Å². The Balaban J connectivity index is 3.37. The lowest BCUT2D eigenvalue weighted by atomic mass is 10.0. The highest BCUT2D eigenvalue weighted by Crippen LogP contribution is 2.24. The molecule has 0 spiro atoms. The second-order valence-corrected chi connectivity index (χ2v) is 3.32. The van der Waals surface area contributed by atoms with Gasteiger partial charge in [0.25, 0.3) is 0 Å². The maximum absolute atomic E-state index is 11.7. The summed E-state index contributed by atoms with van der Waals surface area (Å²) < 4.78 is 35.2. The van der Waals surface area contributed by atoms with Crippen LogP contribution in [0.2, 0.25) is 0 Å². The Bertz CT molecular complexity index is 147. The normalized spacial score (nSPS) is 11.7. The van der Waals surface area contributed by atoms with Gasteiger partial charge in [0.05, 0.1) is 0 Å². The predicted octanol–water partition coefficient (Wildman–Crippen LogP) is 4.47. The van der Waals surface area contributed by atoms with Gasteiger partial charge in [0.2, 0.25) is 0 Å². The van der Waals surface area contributed by atoms with E-state index >= 15 is 0 Å². The highest BCUT2D eigenvalue weighted by atomic mass is 19.4. The van der Waals surface area contributed by atoms with Crippen LogP contribution in [0.3, 0.4) is 0 Å². The first kappa shape index (κ1) is 12.5. The average Bonchev–Trinajstić information content (AvgIpc) is 1.98. The van der Waals surface area contributed by atoms with E-state index in [0.717, 1.165) is 24.8 Å². The molecule has 0 aromatic carbocycles. The van der Waals surface area contributed by atoms with Crippen LogP contribution in [0.5, 0.6) is 0 Å². The van der Waals surface area contributed by atoms with Gasteiger partial charge in [0.15, 0.2) is 0 Å². The van der Waals surface area contributed by atoms with Gasteiger partial charge in [-0.2, -0.15) is 13.2 Å². The van der Waals surface area contributed by atoms with E-state index < -0.39 is 12.6 Å². The molecule has 13 heavy (non-hydrogen) atoms. The van der Waals surface area contributed by atoms with Crippen molar-refractivity contribution in [1.29, 1.82) is 0 Å². The van der Waals surface area contributed by atoms with E-state index in [9.17, 15) is 13.2 Å². The molecule has 0 aliphatic rings. The minimum Gasteiger partial charge on any atom is -0.171 e. The van der Waals surface area contributed by atoms with Crippen LogP contribution in [0.1, 0.15) is 45.4 Å². The van der Waals surface area contributed by atoms with E-state index in [-0.39, 0.29) is 6.42 Å². The Hall–Kier alpha value is -0.470. The maximum atomic E-state index is 11.7. The molecule has 0 bridgehead atoms. The van der Waals surface area contributed by atoms with Crippen LogP contribution in [-0.2, 0) is 0 Å². The predicted molar refractivity (Wildman–Crippen MR) is 48.6 cm³/mol. The first-order valence-electron chi connectivity index (χ1n) is 4.69. The van der Waals surface area contributed by atoms with Crippen LogP contribution >= 0.6 is 0 Å². The third kappa shape index (κ3) is 9.44. The second-order valence-electron chi connectivity index (χ2n) is 3.32. The van der Waals surface area contributed by atoms with Crippen LogP contribution in [0.25, 0.3) is 0 Å². The molecular formula is C10H17F3. The molecule has 0 nitrogen and oxygen atoms in total. The number of alkyl halides is 3. The molecule has 3 heteroatoms. The zero-order valence-electron chi connectivity index (χ0n) is 8.08. The molecule has 0 aliphatic carbocycles. The zero-order chi connectivity index (χ0) is 10.3. The molecule has 0 unspecified atom stereocenters. The molecule has 0 heterocycles. The molecule has 0 atom stereocenters. The number of allylic oxidation sites excluding steroid dienone is 1. The molecule has 0 amide bonds. The molecule has 0 aromatic heterocycles. The summed E-state index contributed by atoms with van der Waals surface area (Å²) in [5, 5.41) is 0. The number of halogens is 3. The monoisotopic (exact) mass is 194 g/mol. The van der Waals surface area contributed by atoms with Crippen molar-refractivity contribution < 1.29 is 13.2 Å². The summed E-state index contributed by atoms with van der Waals surface area (Å²) in [7, 11) is 0. The Morgan fingerprint density at radius 3 is 2.15 bits per heavy atom. The standard InChI is InChI=1S/C10H17F3/c1-3-4-6-9(2)7-5-8-10(11,12)13/h2-8H2,1H3. The fraction of sp³-hybridized carbons (Fsp3) is 0.800. The largest absolute Gasteiger partial charge is 0.389 e. The summed E-state index contributed by atoms with van der Waals surface area (Å²) in [6.45, 7) is 5.80. The van der Waals surface area contributed by atoms with Gasteiger partial charge in [-0.15, -0.1) is 0 Å². The van der Waals surface area contributed by atoms with Crippen molar-refractivity contribution in [1.82, 2.24) is 0 Å². The van der Waals surface area contributed by atoms with Crippen molar-refractivity contribution >= 4 is 0 Å². The number of hydrogen-bond acceptors (Lipinski definition) is 0. The highest BCUT2D eigenvalue weighted by Gasteiger charge is 2.25. The Morgan fingerprint density at radius 1 is 1.15 bits per heavy atom. The van der Waals surface area contributed by atoms with Crippen molar-refractivity contribution in [2.75, 3.05) is 0 Å². The third-order valence-electron chi connectivity index (χ3n) is 1.87. The van der Waals surface area contributed by atoms with Gasteiger partial charge in [-0.3, -0.25) is 0 Å². The highest BCUT2D eigenvalue weighted by molar-refractivity contribution is 4.93. The lowest BCUT2D eigenvalue weighted by Gasteiger charge is -2.07. The van der Waals surface area contributed by atoms with Crippen molar-refractivity contribution in [3.8, 4) is 0 Å². The topological polar surface area (TPSA) is 0 Å². The Labute approximate surface area is 77.8 Å². The molecule has 0 aromatic rings. The molecule has 0 rings (SSSR count). The fourth-order valence-corrected chi connectivity index (χ4v) is 1.09. The summed E-state index contributed by atoms with van der Waals surface area (Å²) in [5.41, 5.74) is 0.950. The molecule has 0 saturated carbocycles. The number of unbranched alkanes of at least 4 members (excludes halogenated alkanes) is 1. The second kappa shape index (κ2) is 6.06. The van der Waals surface area contributed by atoms with Crippen LogP contribution < -0.4 is 0 Å². The first-order valence-corrected chi connectivity index (χ1v) is 4.69. The van der Waals surface area contributed by atoms with Gasteiger partial charge in [0, 0.05) is 6.42 Å². The Morgan fingerprint density at radius 2 is 1.69 bits per heavy atom. The molecule has 0 N–H and O–H groups in total. The molecule has 0 fully saturated rings. The van der Waals surface area contributed by atoms with E-state index in [2.05, 4.69) is 13.5 Å². The van der Waals surface area contributed by atoms with Crippen LogP contribution in [-0.4, -0.2) is 6.18 Å². The van der Waals surface area contributed by atoms with Gasteiger partial charge >= 0.3 is 6.18 Å². The van der Waals surface area contributed by atoms with E-state index in [0.29, 0.717) is 6.42 Å². The summed E-state index contributed by atoms with van der Waals surface area (Å²) in [6.07, 6.45) is -1.02. The molecule has 78 valence electrons.